The van der Waals surface area contributed by atoms with Gasteiger partial charge in [0.1, 0.15) is 5.75 Å². The summed E-state index contributed by atoms with van der Waals surface area (Å²) in [7, 11) is 0. The molecule has 108 valence electrons. The van der Waals surface area contributed by atoms with E-state index in [9.17, 15) is 9.90 Å². The zero-order valence-corrected chi connectivity index (χ0v) is 12.3. The molecule has 0 amide bonds. The molecular weight excluding hydrogens is 288 g/mol. The molecule has 0 unspecified atom stereocenters. The molecule has 0 aliphatic heterocycles. The predicted octanol–water partition coefficient (Wildman–Crippen LogP) is 4.36. The van der Waals surface area contributed by atoms with Crippen molar-refractivity contribution < 1.29 is 14.6 Å². The van der Waals surface area contributed by atoms with Gasteiger partial charge in [-0.2, -0.15) is 0 Å². The van der Waals surface area contributed by atoms with E-state index < -0.39 is 5.97 Å². The van der Waals surface area contributed by atoms with Crippen LogP contribution in [0.3, 0.4) is 0 Å². The Balaban J connectivity index is 2.40. The Morgan fingerprint density at radius 2 is 1.95 bits per heavy atom. The normalized spacial score (nSPS) is 11.2. The van der Waals surface area contributed by atoms with Crippen LogP contribution in [0.25, 0.3) is 11.6 Å². The molecule has 0 aliphatic carbocycles. The number of carboxylic acid groups (broad SMARTS) is 1. The zero-order chi connectivity index (χ0) is 15.2. The molecule has 0 saturated carbocycles. The standard InChI is InChI=1S/C17H15ClO3/c1-2-21-15-5-3-4-12(10-15)11-16(17(19)20)13-6-8-14(18)9-7-13/h3-11H,2H2,1H3,(H,19,20)/b16-11-. The topological polar surface area (TPSA) is 46.5 Å². The molecule has 0 saturated heterocycles. The number of hydrogen-bond donors (Lipinski definition) is 1. The molecule has 1 N–H and O–H groups in total. The van der Waals surface area contributed by atoms with Crippen molar-refractivity contribution in [3.05, 3.63) is 64.7 Å². The molecule has 21 heavy (non-hydrogen) atoms. The molecule has 0 radical (unpaired) electrons. The van der Waals surface area contributed by atoms with Gasteiger partial charge in [0.2, 0.25) is 0 Å². The van der Waals surface area contributed by atoms with Crippen LogP contribution in [-0.4, -0.2) is 17.7 Å². The van der Waals surface area contributed by atoms with Crippen molar-refractivity contribution >= 4 is 29.2 Å². The second kappa shape index (κ2) is 6.95. The minimum Gasteiger partial charge on any atom is -0.494 e. The van der Waals surface area contributed by atoms with Crippen LogP contribution in [0.2, 0.25) is 5.02 Å². The number of rotatable bonds is 5. The van der Waals surface area contributed by atoms with Crippen molar-refractivity contribution in [2.75, 3.05) is 6.61 Å². The smallest absolute Gasteiger partial charge is 0.336 e. The fourth-order valence-corrected chi connectivity index (χ4v) is 2.05. The first kappa shape index (κ1) is 15.1. The van der Waals surface area contributed by atoms with Crippen LogP contribution in [-0.2, 0) is 4.79 Å². The number of ether oxygens (including phenoxy) is 1. The summed E-state index contributed by atoms with van der Waals surface area (Å²) in [6.45, 7) is 2.47. The quantitative estimate of drug-likeness (QED) is 0.659. The molecule has 0 heterocycles. The maximum atomic E-state index is 11.5. The summed E-state index contributed by atoms with van der Waals surface area (Å²) in [5.41, 5.74) is 1.59. The zero-order valence-electron chi connectivity index (χ0n) is 11.5. The SMILES string of the molecule is CCOc1cccc(/C=C(\C(=O)O)c2ccc(Cl)cc2)c1. The van der Waals surface area contributed by atoms with Crippen LogP contribution in [0, 0.1) is 0 Å². The first-order valence-electron chi connectivity index (χ1n) is 6.54. The van der Waals surface area contributed by atoms with Crippen LogP contribution >= 0.6 is 11.6 Å². The van der Waals surface area contributed by atoms with E-state index in [1.807, 2.05) is 31.2 Å². The molecule has 0 spiro atoms. The Morgan fingerprint density at radius 1 is 1.24 bits per heavy atom. The molecule has 0 aromatic heterocycles. The monoisotopic (exact) mass is 302 g/mol. The molecule has 0 fully saturated rings. The van der Waals surface area contributed by atoms with Gasteiger partial charge in [-0.25, -0.2) is 4.79 Å². The highest BCUT2D eigenvalue weighted by Crippen LogP contribution is 2.22. The van der Waals surface area contributed by atoms with E-state index in [0.717, 1.165) is 5.56 Å². The summed E-state index contributed by atoms with van der Waals surface area (Å²) in [4.78, 5) is 11.5. The van der Waals surface area contributed by atoms with Gasteiger partial charge >= 0.3 is 5.97 Å². The van der Waals surface area contributed by atoms with Gasteiger partial charge in [0.05, 0.1) is 12.2 Å². The van der Waals surface area contributed by atoms with Gasteiger partial charge < -0.3 is 9.84 Å². The van der Waals surface area contributed by atoms with Gasteiger partial charge in [-0.1, -0.05) is 35.9 Å². The highest BCUT2D eigenvalue weighted by Gasteiger charge is 2.10. The largest absolute Gasteiger partial charge is 0.494 e. The Bertz CT molecular complexity index is 660. The van der Waals surface area contributed by atoms with Crippen LogP contribution < -0.4 is 4.74 Å². The number of benzene rings is 2. The molecule has 0 aliphatic rings. The summed E-state index contributed by atoms with van der Waals surface area (Å²) >= 11 is 5.83. The minimum absolute atomic E-state index is 0.209. The molecule has 2 aromatic rings. The highest BCUT2D eigenvalue weighted by molar-refractivity contribution is 6.30. The number of halogens is 1. The maximum Gasteiger partial charge on any atom is 0.336 e. The van der Waals surface area contributed by atoms with E-state index in [2.05, 4.69) is 0 Å². The summed E-state index contributed by atoms with van der Waals surface area (Å²) < 4.78 is 5.42. The van der Waals surface area contributed by atoms with E-state index in [-0.39, 0.29) is 5.57 Å². The molecule has 0 bridgehead atoms. The molecular formula is C17H15ClO3. The molecule has 3 nitrogen and oxygen atoms in total. The third kappa shape index (κ3) is 4.10. The third-order valence-electron chi connectivity index (χ3n) is 2.87. The lowest BCUT2D eigenvalue weighted by Crippen LogP contribution is -1.99. The number of carboxylic acids is 1. The molecule has 0 atom stereocenters. The fourth-order valence-electron chi connectivity index (χ4n) is 1.93. The third-order valence-corrected chi connectivity index (χ3v) is 3.12. The van der Waals surface area contributed by atoms with Crippen LogP contribution in [0.15, 0.2) is 48.5 Å². The summed E-state index contributed by atoms with van der Waals surface area (Å²) in [6.07, 6.45) is 1.62. The highest BCUT2D eigenvalue weighted by atomic mass is 35.5. The van der Waals surface area contributed by atoms with Gasteiger partial charge in [-0.15, -0.1) is 0 Å². The van der Waals surface area contributed by atoms with Crippen molar-refractivity contribution in [1.82, 2.24) is 0 Å². The molecule has 4 heteroatoms. The lowest BCUT2D eigenvalue weighted by atomic mass is 10.0. The Morgan fingerprint density at radius 3 is 2.57 bits per heavy atom. The first-order valence-corrected chi connectivity index (χ1v) is 6.91. The van der Waals surface area contributed by atoms with Crippen molar-refractivity contribution in [3.8, 4) is 5.75 Å². The lowest BCUT2D eigenvalue weighted by Gasteiger charge is -2.06. The predicted molar refractivity (Wildman–Crippen MR) is 84.6 cm³/mol. The average Bonchev–Trinajstić information content (AvgIpc) is 2.46. The Kier molecular flexibility index (Phi) is 5.01. The minimum atomic E-state index is -0.987. The van der Waals surface area contributed by atoms with E-state index in [1.54, 1.807) is 30.3 Å². The number of carbonyl (C=O) groups is 1. The van der Waals surface area contributed by atoms with E-state index >= 15 is 0 Å². The fraction of sp³-hybridized carbons (Fsp3) is 0.118. The summed E-state index contributed by atoms with van der Waals surface area (Å²) in [5.74, 6) is -0.272. The van der Waals surface area contributed by atoms with E-state index in [0.29, 0.717) is 22.9 Å². The van der Waals surface area contributed by atoms with Crippen molar-refractivity contribution in [1.29, 1.82) is 0 Å². The number of hydrogen-bond acceptors (Lipinski definition) is 2. The second-order valence-electron chi connectivity index (χ2n) is 4.38. The van der Waals surface area contributed by atoms with Crippen LogP contribution in [0.5, 0.6) is 5.75 Å². The Labute approximate surface area is 128 Å². The summed E-state index contributed by atoms with van der Waals surface area (Å²) in [6, 6.07) is 14.0. The maximum absolute atomic E-state index is 11.5. The van der Waals surface area contributed by atoms with Gasteiger partial charge in [-0.05, 0) is 48.4 Å². The van der Waals surface area contributed by atoms with Gasteiger partial charge in [0, 0.05) is 5.02 Å². The number of aliphatic carboxylic acids is 1. The van der Waals surface area contributed by atoms with Crippen LogP contribution in [0.4, 0.5) is 0 Å². The van der Waals surface area contributed by atoms with Gasteiger partial charge in [0.15, 0.2) is 0 Å². The van der Waals surface area contributed by atoms with E-state index in [4.69, 9.17) is 16.3 Å². The van der Waals surface area contributed by atoms with Crippen molar-refractivity contribution in [3.63, 3.8) is 0 Å². The van der Waals surface area contributed by atoms with Crippen LogP contribution in [0.1, 0.15) is 18.1 Å². The Hall–Kier alpha value is -2.26. The van der Waals surface area contributed by atoms with Crippen molar-refractivity contribution in [2.45, 2.75) is 6.92 Å². The summed E-state index contributed by atoms with van der Waals surface area (Å²) in [5, 5.41) is 9.97. The van der Waals surface area contributed by atoms with Crippen molar-refractivity contribution in [2.24, 2.45) is 0 Å². The first-order chi connectivity index (χ1) is 10.1. The second-order valence-corrected chi connectivity index (χ2v) is 4.81. The van der Waals surface area contributed by atoms with E-state index in [1.165, 1.54) is 0 Å². The van der Waals surface area contributed by atoms with Gasteiger partial charge in [-0.3, -0.25) is 0 Å². The molecule has 2 rings (SSSR count). The van der Waals surface area contributed by atoms with Gasteiger partial charge in [0.25, 0.3) is 0 Å². The lowest BCUT2D eigenvalue weighted by molar-refractivity contribution is -0.130. The molecule has 2 aromatic carbocycles. The average molecular weight is 303 g/mol.